The smallest absolute Gasteiger partial charge is 0.266 e. The Balaban J connectivity index is 1.48. The molecule has 5 rings (SSSR count). The molecule has 1 aromatic carbocycles. The maximum absolute atomic E-state index is 14.7. The van der Waals surface area contributed by atoms with E-state index >= 15 is 0 Å². The van der Waals surface area contributed by atoms with E-state index in [1.54, 1.807) is 20.0 Å². The maximum atomic E-state index is 14.7. The average Bonchev–Trinajstić information content (AvgIpc) is 3.39. The summed E-state index contributed by atoms with van der Waals surface area (Å²) in [7, 11) is 0. The lowest BCUT2D eigenvalue weighted by atomic mass is 9.96. The van der Waals surface area contributed by atoms with Gasteiger partial charge in [-0.3, -0.25) is 0 Å². The first-order valence-corrected chi connectivity index (χ1v) is 11.0. The van der Waals surface area contributed by atoms with Crippen molar-refractivity contribution in [2.45, 2.75) is 45.2 Å². The molecule has 170 valence electrons. The van der Waals surface area contributed by atoms with Crippen molar-refractivity contribution in [2.24, 2.45) is 11.8 Å². The second-order valence-electron chi connectivity index (χ2n) is 8.87. The third kappa shape index (κ3) is 3.73. The lowest BCUT2D eigenvalue weighted by Gasteiger charge is -2.30. The van der Waals surface area contributed by atoms with Crippen molar-refractivity contribution in [3.8, 4) is 6.07 Å². The van der Waals surface area contributed by atoms with E-state index in [0.717, 1.165) is 36.7 Å². The Bertz CT molecular complexity index is 1260. The zero-order valence-corrected chi connectivity index (χ0v) is 18.3. The molecule has 2 aliphatic rings. The Kier molecular flexibility index (Phi) is 5.31. The third-order valence-corrected chi connectivity index (χ3v) is 6.79. The van der Waals surface area contributed by atoms with Crippen molar-refractivity contribution in [1.29, 1.82) is 5.26 Å². The number of pyridine rings is 1. The van der Waals surface area contributed by atoms with Crippen LogP contribution in [0.15, 0.2) is 30.5 Å². The molecule has 1 aliphatic heterocycles. The summed E-state index contributed by atoms with van der Waals surface area (Å²) in [6.45, 7) is 4.25. The van der Waals surface area contributed by atoms with Gasteiger partial charge in [0, 0.05) is 23.5 Å². The van der Waals surface area contributed by atoms with Gasteiger partial charge in [0.2, 0.25) is 0 Å². The van der Waals surface area contributed by atoms with Crippen LogP contribution in [0, 0.1) is 35.9 Å². The molecule has 0 radical (unpaired) electrons. The van der Waals surface area contributed by atoms with E-state index in [1.165, 1.54) is 12.1 Å². The van der Waals surface area contributed by atoms with Crippen molar-refractivity contribution in [2.75, 3.05) is 16.8 Å². The second kappa shape index (κ2) is 8.18. The number of fused-ring (bicyclic) bond motifs is 3. The second-order valence-corrected chi connectivity index (χ2v) is 8.87. The summed E-state index contributed by atoms with van der Waals surface area (Å²) in [5, 5.41) is 13.2. The van der Waals surface area contributed by atoms with E-state index in [4.69, 9.17) is 0 Å². The van der Waals surface area contributed by atoms with E-state index in [-0.39, 0.29) is 17.5 Å². The van der Waals surface area contributed by atoms with Crippen LogP contribution >= 0.6 is 0 Å². The Morgan fingerprint density at radius 2 is 2.00 bits per heavy atom. The molecule has 1 saturated carbocycles. The number of alkyl halides is 2. The number of benzene rings is 1. The predicted octanol–water partition coefficient (Wildman–Crippen LogP) is 5.32. The lowest BCUT2D eigenvalue weighted by molar-refractivity contribution is 0.146. The minimum atomic E-state index is -2.88. The number of aryl methyl sites for hydroxylation is 1. The quantitative estimate of drug-likeness (QED) is 0.565. The molecular formula is C24H23F3N6. The lowest BCUT2D eigenvalue weighted by Crippen LogP contribution is -2.35. The number of piperidine rings is 1. The summed E-state index contributed by atoms with van der Waals surface area (Å²) in [5.74, 6) is 1.36. The summed E-state index contributed by atoms with van der Waals surface area (Å²) in [4.78, 5) is 15.8. The molecular weight excluding hydrogens is 429 g/mol. The van der Waals surface area contributed by atoms with Gasteiger partial charge in [-0.15, -0.1) is 0 Å². The Morgan fingerprint density at radius 1 is 1.21 bits per heavy atom. The first-order chi connectivity index (χ1) is 15.9. The van der Waals surface area contributed by atoms with Gasteiger partial charge in [-0.1, -0.05) is 18.2 Å². The molecule has 1 aliphatic carbocycles. The molecule has 1 saturated heterocycles. The molecule has 4 atom stereocenters. The van der Waals surface area contributed by atoms with Gasteiger partial charge in [0.1, 0.15) is 23.3 Å². The third-order valence-electron chi connectivity index (χ3n) is 6.79. The van der Waals surface area contributed by atoms with Crippen LogP contribution in [0.2, 0.25) is 0 Å². The van der Waals surface area contributed by atoms with Gasteiger partial charge in [-0.25, -0.2) is 28.1 Å². The number of hydrogen-bond acceptors (Lipinski definition) is 6. The number of nitriles is 1. The van der Waals surface area contributed by atoms with Gasteiger partial charge in [-0.2, -0.15) is 5.26 Å². The molecule has 9 heteroatoms. The fourth-order valence-electron chi connectivity index (χ4n) is 5.15. The SMILES string of the molecule is Cc1nc(N[C@H](C)c2cccc(C(F)F)c2F)c2cc(N3CC4CC3CC4C#N)ncc2n1. The first-order valence-electron chi connectivity index (χ1n) is 11.0. The van der Waals surface area contributed by atoms with Crippen LogP contribution in [-0.2, 0) is 0 Å². The minimum Gasteiger partial charge on any atom is -0.363 e. The first kappa shape index (κ1) is 21.4. The van der Waals surface area contributed by atoms with Crippen LogP contribution in [0.1, 0.15) is 49.2 Å². The fourth-order valence-corrected chi connectivity index (χ4v) is 5.15. The number of hydrogen-bond donors (Lipinski definition) is 1. The molecule has 6 nitrogen and oxygen atoms in total. The Hall–Kier alpha value is -3.41. The summed E-state index contributed by atoms with van der Waals surface area (Å²) in [6.07, 6.45) is 0.641. The minimum absolute atomic E-state index is 0.106. The number of rotatable bonds is 5. The van der Waals surface area contributed by atoms with Crippen molar-refractivity contribution < 1.29 is 13.2 Å². The van der Waals surface area contributed by atoms with Crippen LogP contribution < -0.4 is 10.2 Å². The fraction of sp³-hybridized carbons (Fsp3) is 0.417. The van der Waals surface area contributed by atoms with Crippen LogP contribution in [-0.4, -0.2) is 27.5 Å². The largest absolute Gasteiger partial charge is 0.363 e. The molecule has 3 aromatic rings. The molecule has 3 heterocycles. The van der Waals surface area contributed by atoms with Gasteiger partial charge in [-0.05, 0) is 38.7 Å². The number of aromatic nitrogens is 3. The molecule has 2 fully saturated rings. The van der Waals surface area contributed by atoms with Crippen molar-refractivity contribution in [3.63, 3.8) is 0 Å². The molecule has 1 N–H and O–H groups in total. The van der Waals surface area contributed by atoms with Gasteiger partial charge < -0.3 is 10.2 Å². The van der Waals surface area contributed by atoms with Gasteiger partial charge in [0.15, 0.2) is 0 Å². The number of anilines is 2. The highest BCUT2D eigenvalue weighted by atomic mass is 19.3. The van der Waals surface area contributed by atoms with Crippen LogP contribution in [0.4, 0.5) is 24.8 Å². The molecule has 0 amide bonds. The predicted molar refractivity (Wildman–Crippen MR) is 118 cm³/mol. The summed E-state index contributed by atoms with van der Waals surface area (Å²) < 4.78 is 41.0. The number of nitrogens with one attached hydrogen (secondary N) is 1. The van der Waals surface area contributed by atoms with E-state index in [1.807, 2.05) is 6.07 Å². The van der Waals surface area contributed by atoms with Crippen molar-refractivity contribution in [3.05, 3.63) is 53.2 Å². The Morgan fingerprint density at radius 3 is 2.70 bits per heavy atom. The van der Waals surface area contributed by atoms with Crippen LogP contribution in [0.25, 0.3) is 10.9 Å². The van der Waals surface area contributed by atoms with Gasteiger partial charge >= 0.3 is 0 Å². The topological polar surface area (TPSA) is 77.7 Å². The summed E-state index contributed by atoms with van der Waals surface area (Å²) in [6, 6.07) is 8.04. The maximum Gasteiger partial charge on any atom is 0.266 e. The van der Waals surface area contributed by atoms with E-state index in [2.05, 4.69) is 31.2 Å². The molecule has 2 aromatic heterocycles. The van der Waals surface area contributed by atoms with E-state index in [9.17, 15) is 18.4 Å². The normalized spacial score (nSPS) is 22.7. The highest BCUT2D eigenvalue weighted by molar-refractivity contribution is 5.90. The monoisotopic (exact) mass is 452 g/mol. The van der Waals surface area contributed by atoms with Crippen molar-refractivity contribution >= 4 is 22.5 Å². The summed E-state index contributed by atoms with van der Waals surface area (Å²) in [5.41, 5.74) is 0.170. The summed E-state index contributed by atoms with van der Waals surface area (Å²) >= 11 is 0. The molecule has 0 spiro atoms. The number of nitrogens with zero attached hydrogens (tertiary/aromatic N) is 5. The highest BCUT2D eigenvalue weighted by Gasteiger charge is 2.45. The zero-order chi connectivity index (χ0) is 23.3. The van der Waals surface area contributed by atoms with Crippen molar-refractivity contribution in [1.82, 2.24) is 15.0 Å². The van der Waals surface area contributed by atoms with Crippen LogP contribution in [0.3, 0.4) is 0 Å². The van der Waals surface area contributed by atoms with E-state index < -0.39 is 23.8 Å². The molecule has 3 unspecified atom stereocenters. The van der Waals surface area contributed by atoms with Gasteiger partial charge in [0.05, 0.1) is 35.3 Å². The van der Waals surface area contributed by atoms with Gasteiger partial charge in [0.25, 0.3) is 6.43 Å². The average molecular weight is 452 g/mol. The molecule has 2 bridgehead atoms. The highest BCUT2D eigenvalue weighted by Crippen LogP contribution is 2.44. The Labute approximate surface area is 189 Å². The zero-order valence-electron chi connectivity index (χ0n) is 18.3. The van der Waals surface area contributed by atoms with Crippen LogP contribution in [0.5, 0.6) is 0 Å². The number of halogens is 3. The molecule has 33 heavy (non-hydrogen) atoms. The standard InChI is InChI=1S/C24H23F3N6/c1-12(17-4-3-5-18(22(17)25)23(26)27)30-24-19-8-21(29-10-20(19)31-13(2)32-24)33-11-15-7-16(33)6-14(15)9-28/h3-5,8,10,12,14-16,23H,6-7,11H2,1-2H3,(H,30,31,32)/t12-,14?,15?,16?/m1/s1. The van der Waals surface area contributed by atoms with E-state index in [0.29, 0.717) is 23.1 Å².